The molecule has 0 aromatic heterocycles. The molecule has 2 nitrogen and oxygen atoms in total. The Bertz CT molecular complexity index is 68.0. The Hall–Kier alpha value is -0.0800. The van der Waals surface area contributed by atoms with Gasteiger partial charge in [-0.15, -0.1) is 0 Å². The summed E-state index contributed by atoms with van der Waals surface area (Å²) in [6.45, 7) is 10.4. The van der Waals surface area contributed by atoms with Crippen molar-refractivity contribution < 1.29 is 4.74 Å². The Kier molecular flexibility index (Phi) is 7.96. The summed E-state index contributed by atoms with van der Waals surface area (Å²) in [5.74, 6) is 0.935. The van der Waals surface area contributed by atoms with Crippen molar-refractivity contribution in [3.8, 4) is 0 Å². The lowest BCUT2D eigenvalue weighted by Gasteiger charge is -1.90. The van der Waals surface area contributed by atoms with Gasteiger partial charge in [0.15, 0.2) is 0 Å². The molecule has 1 heterocycles. The van der Waals surface area contributed by atoms with Gasteiger partial charge in [0.2, 0.25) is 0 Å². The number of nitrogens with one attached hydrogen (secondary N) is 1. The Labute approximate surface area is 70.3 Å². The smallest absolute Gasteiger partial charge is 0.0437 e. The predicted molar refractivity (Wildman–Crippen MR) is 48.8 cm³/mol. The third-order valence-corrected chi connectivity index (χ3v) is 1.71. The lowest BCUT2D eigenvalue weighted by molar-refractivity contribution is 0.162. The molecule has 1 atom stereocenters. The van der Waals surface area contributed by atoms with Gasteiger partial charge in [-0.3, -0.25) is 0 Å². The highest BCUT2D eigenvalue weighted by atomic mass is 16.5. The van der Waals surface area contributed by atoms with Crippen LogP contribution in [-0.4, -0.2) is 26.3 Å². The highest BCUT2D eigenvalue weighted by molar-refractivity contribution is 4.65. The summed E-state index contributed by atoms with van der Waals surface area (Å²) in [5, 5.41) is 3.27. The molecule has 0 aromatic rings. The monoisotopic (exact) mass is 159 g/mol. The quantitative estimate of drug-likeness (QED) is 0.661. The molecule has 0 aromatic carbocycles. The summed E-state index contributed by atoms with van der Waals surface area (Å²) in [5.41, 5.74) is 0. The third-order valence-electron chi connectivity index (χ3n) is 1.71. The van der Waals surface area contributed by atoms with E-state index in [0.29, 0.717) is 0 Å². The van der Waals surface area contributed by atoms with Gasteiger partial charge in [0.25, 0.3) is 0 Å². The molecule has 68 valence electrons. The first-order chi connectivity index (χ1) is 5.31. The fourth-order valence-corrected chi connectivity index (χ4v) is 1.00. The minimum absolute atomic E-state index is 0.844. The molecule has 11 heavy (non-hydrogen) atoms. The second-order valence-electron chi connectivity index (χ2n) is 2.88. The fraction of sp³-hybridized carbons (Fsp3) is 1.00. The van der Waals surface area contributed by atoms with Crippen molar-refractivity contribution in [2.24, 2.45) is 5.92 Å². The molecule has 1 N–H and O–H groups in total. The molecule has 0 spiro atoms. The van der Waals surface area contributed by atoms with E-state index in [1.807, 2.05) is 13.8 Å². The van der Waals surface area contributed by atoms with E-state index in [1.54, 1.807) is 0 Å². The van der Waals surface area contributed by atoms with Crippen molar-refractivity contribution in [1.82, 2.24) is 5.32 Å². The van der Waals surface area contributed by atoms with E-state index in [0.717, 1.165) is 19.1 Å². The van der Waals surface area contributed by atoms with Crippen molar-refractivity contribution >= 4 is 0 Å². The Morgan fingerprint density at radius 2 is 2.00 bits per heavy atom. The second-order valence-corrected chi connectivity index (χ2v) is 2.88. The van der Waals surface area contributed by atoms with Gasteiger partial charge in [-0.25, -0.2) is 0 Å². The zero-order chi connectivity index (χ0) is 8.53. The van der Waals surface area contributed by atoms with Crippen LogP contribution in [0.4, 0.5) is 0 Å². The molecule has 1 aliphatic heterocycles. The van der Waals surface area contributed by atoms with E-state index in [-0.39, 0.29) is 0 Å². The molecule has 0 saturated carbocycles. The maximum absolute atomic E-state index is 4.83. The molecule has 0 amide bonds. The average molecular weight is 159 g/mol. The van der Waals surface area contributed by atoms with Crippen LogP contribution in [0.1, 0.15) is 27.2 Å². The van der Waals surface area contributed by atoms with E-state index < -0.39 is 0 Å². The summed E-state index contributed by atoms with van der Waals surface area (Å²) in [6, 6.07) is 0. The van der Waals surface area contributed by atoms with Gasteiger partial charge in [-0.05, 0) is 39.3 Å². The van der Waals surface area contributed by atoms with Crippen molar-refractivity contribution in [1.29, 1.82) is 0 Å². The average Bonchev–Trinajstić information content (AvgIpc) is 2.43. The van der Waals surface area contributed by atoms with Gasteiger partial charge >= 0.3 is 0 Å². The van der Waals surface area contributed by atoms with Crippen LogP contribution in [0.5, 0.6) is 0 Å². The van der Waals surface area contributed by atoms with Gasteiger partial charge in [0.1, 0.15) is 0 Å². The Balaban J connectivity index is 0.000000187. The molecular formula is C9H21NO. The molecule has 0 aliphatic carbocycles. The van der Waals surface area contributed by atoms with Gasteiger partial charge in [-0.1, -0.05) is 6.92 Å². The van der Waals surface area contributed by atoms with Gasteiger partial charge < -0.3 is 10.1 Å². The Morgan fingerprint density at radius 3 is 2.09 bits per heavy atom. The van der Waals surface area contributed by atoms with Crippen LogP contribution in [-0.2, 0) is 4.74 Å². The normalized spacial score (nSPS) is 22.6. The predicted octanol–water partition coefficient (Wildman–Crippen LogP) is 1.66. The van der Waals surface area contributed by atoms with Crippen LogP contribution in [0.2, 0.25) is 0 Å². The highest BCUT2D eigenvalue weighted by Gasteiger charge is 2.06. The maximum atomic E-state index is 4.83. The molecule has 0 bridgehead atoms. The molecule has 0 radical (unpaired) electrons. The number of rotatable bonds is 2. The van der Waals surface area contributed by atoms with Crippen molar-refractivity contribution in [2.45, 2.75) is 27.2 Å². The van der Waals surface area contributed by atoms with Crippen molar-refractivity contribution in [3.05, 3.63) is 0 Å². The van der Waals surface area contributed by atoms with Crippen LogP contribution in [0.15, 0.2) is 0 Å². The van der Waals surface area contributed by atoms with Crippen LogP contribution in [0.25, 0.3) is 0 Å². The standard InChI is InChI=1S/C5H11N.C4H10O/c1-5-2-3-6-4-5;1-3-5-4-2/h5-6H,2-4H2,1H3;3-4H2,1-2H3. The third kappa shape index (κ3) is 7.82. The second kappa shape index (κ2) is 8.02. The van der Waals surface area contributed by atoms with Crippen LogP contribution in [0.3, 0.4) is 0 Å². The SMILES string of the molecule is CC1CCNC1.CCOCC. The lowest BCUT2D eigenvalue weighted by atomic mass is 10.2. The highest BCUT2D eigenvalue weighted by Crippen LogP contribution is 2.03. The number of hydrogen-bond donors (Lipinski definition) is 1. The van der Waals surface area contributed by atoms with Crippen molar-refractivity contribution in [2.75, 3.05) is 26.3 Å². The Morgan fingerprint density at radius 1 is 1.36 bits per heavy atom. The van der Waals surface area contributed by atoms with Crippen LogP contribution < -0.4 is 5.32 Å². The van der Waals surface area contributed by atoms with Gasteiger partial charge in [-0.2, -0.15) is 0 Å². The first kappa shape index (κ1) is 10.9. The van der Waals surface area contributed by atoms with E-state index in [1.165, 1.54) is 19.5 Å². The van der Waals surface area contributed by atoms with Crippen LogP contribution >= 0.6 is 0 Å². The summed E-state index contributed by atoms with van der Waals surface area (Å²) in [7, 11) is 0. The summed E-state index contributed by atoms with van der Waals surface area (Å²) in [6.07, 6.45) is 1.38. The van der Waals surface area contributed by atoms with Crippen LogP contribution in [0, 0.1) is 5.92 Å². The molecule has 1 fully saturated rings. The lowest BCUT2D eigenvalue weighted by Crippen LogP contribution is -2.06. The molecule has 1 saturated heterocycles. The minimum Gasteiger partial charge on any atom is -0.382 e. The first-order valence-electron chi connectivity index (χ1n) is 4.59. The fourth-order valence-electron chi connectivity index (χ4n) is 1.00. The zero-order valence-corrected chi connectivity index (χ0v) is 8.02. The molecular weight excluding hydrogens is 138 g/mol. The first-order valence-corrected chi connectivity index (χ1v) is 4.59. The van der Waals surface area contributed by atoms with E-state index in [9.17, 15) is 0 Å². The van der Waals surface area contributed by atoms with E-state index in [4.69, 9.17) is 4.74 Å². The minimum atomic E-state index is 0.844. The molecule has 2 heteroatoms. The van der Waals surface area contributed by atoms with E-state index in [2.05, 4.69) is 12.2 Å². The number of ether oxygens (including phenoxy) is 1. The molecule has 1 aliphatic rings. The van der Waals surface area contributed by atoms with Crippen molar-refractivity contribution in [3.63, 3.8) is 0 Å². The summed E-state index contributed by atoms with van der Waals surface area (Å²) < 4.78 is 4.83. The number of hydrogen-bond acceptors (Lipinski definition) is 2. The van der Waals surface area contributed by atoms with E-state index >= 15 is 0 Å². The topological polar surface area (TPSA) is 21.3 Å². The molecule has 1 rings (SSSR count). The van der Waals surface area contributed by atoms with Gasteiger partial charge in [0, 0.05) is 13.2 Å². The van der Waals surface area contributed by atoms with Gasteiger partial charge in [0.05, 0.1) is 0 Å². The summed E-state index contributed by atoms with van der Waals surface area (Å²) in [4.78, 5) is 0. The maximum Gasteiger partial charge on any atom is 0.0437 e. The molecule has 1 unspecified atom stereocenters. The largest absolute Gasteiger partial charge is 0.382 e. The summed E-state index contributed by atoms with van der Waals surface area (Å²) >= 11 is 0. The zero-order valence-electron chi connectivity index (χ0n) is 8.02.